The minimum absolute atomic E-state index is 0.0931. The number of hydrogen-bond acceptors (Lipinski definition) is 4. The van der Waals surface area contributed by atoms with Crippen molar-refractivity contribution in [2.24, 2.45) is 0 Å². The summed E-state index contributed by atoms with van der Waals surface area (Å²) in [6, 6.07) is 9.63. The Morgan fingerprint density at radius 1 is 1.24 bits per heavy atom. The van der Waals surface area contributed by atoms with Gasteiger partial charge in [0.2, 0.25) is 0 Å². The number of aliphatic hydroxyl groups is 1. The molecule has 1 aromatic heterocycles. The van der Waals surface area contributed by atoms with Crippen LogP contribution in [0.5, 0.6) is 0 Å². The highest BCUT2D eigenvalue weighted by molar-refractivity contribution is 6.30. The van der Waals surface area contributed by atoms with Crippen LogP contribution in [0.2, 0.25) is 5.02 Å². The number of nitrogens with zero attached hydrogens (tertiary/aromatic N) is 2. The molecule has 0 unspecified atom stereocenters. The van der Waals surface area contributed by atoms with Crippen LogP contribution in [0, 0.1) is 11.6 Å². The molecule has 1 atom stereocenters. The van der Waals surface area contributed by atoms with E-state index in [0.717, 1.165) is 16.8 Å². The maximum atomic E-state index is 13.9. The highest BCUT2D eigenvalue weighted by Gasteiger charge is 2.19. The number of benzene rings is 2. The lowest BCUT2D eigenvalue weighted by molar-refractivity contribution is 0.0920. The van der Waals surface area contributed by atoms with Crippen LogP contribution >= 0.6 is 11.6 Å². The van der Waals surface area contributed by atoms with Crippen LogP contribution in [0.15, 0.2) is 53.3 Å². The van der Waals surface area contributed by atoms with Gasteiger partial charge in [-0.2, -0.15) is 9.78 Å². The predicted molar refractivity (Wildman–Crippen MR) is 104 cm³/mol. The molecule has 1 amide bonds. The van der Waals surface area contributed by atoms with Gasteiger partial charge in [0.15, 0.2) is 0 Å². The zero-order valence-electron chi connectivity index (χ0n) is 15.2. The Balaban J connectivity index is 2.22. The average Bonchev–Trinajstić information content (AvgIpc) is 2.70. The molecule has 3 rings (SSSR count). The Labute approximate surface area is 169 Å². The van der Waals surface area contributed by atoms with Gasteiger partial charge in [-0.15, -0.1) is 0 Å². The first-order valence-corrected chi connectivity index (χ1v) is 8.95. The maximum absolute atomic E-state index is 13.9. The molecule has 0 aliphatic carbocycles. The molecule has 150 valence electrons. The van der Waals surface area contributed by atoms with E-state index >= 15 is 0 Å². The number of amides is 1. The van der Waals surface area contributed by atoms with E-state index in [1.165, 1.54) is 36.4 Å². The molecular formula is C20H16ClF2N3O3. The molecule has 0 fully saturated rings. The molecule has 0 radical (unpaired) electrons. The summed E-state index contributed by atoms with van der Waals surface area (Å²) in [6.07, 6.45) is 0. The molecule has 0 aliphatic rings. The van der Waals surface area contributed by atoms with Gasteiger partial charge in [-0.25, -0.2) is 8.78 Å². The van der Waals surface area contributed by atoms with Gasteiger partial charge in [-0.3, -0.25) is 9.59 Å². The second kappa shape index (κ2) is 8.50. The van der Waals surface area contributed by atoms with Gasteiger partial charge in [0, 0.05) is 11.6 Å². The van der Waals surface area contributed by atoms with E-state index in [2.05, 4.69) is 10.4 Å². The van der Waals surface area contributed by atoms with Gasteiger partial charge in [0.05, 0.1) is 23.0 Å². The molecular weight excluding hydrogens is 404 g/mol. The first-order valence-electron chi connectivity index (χ1n) is 8.57. The summed E-state index contributed by atoms with van der Waals surface area (Å²) in [5.41, 5.74) is -0.630. The number of halogens is 3. The summed E-state index contributed by atoms with van der Waals surface area (Å²) in [4.78, 5) is 25.4. The van der Waals surface area contributed by atoms with Crippen LogP contribution in [0.3, 0.4) is 0 Å². The molecule has 0 spiro atoms. The Bertz CT molecular complexity index is 1130. The van der Waals surface area contributed by atoms with E-state index < -0.39 is 29.1 Å². The van der Waals surface area contributed by atoms with E-state index in [-0.39, 0.29) is 34.1 Å². The number of hydrogen-bond donors (Lipinski definition) is 2. The molecule has 6 nitrogen and oxygen atoms in total. The second-order valence-corrected chi connectivity index (χ2v) is 6.73. The van der Waals surface area contributed by atoms with Crippen LogP contribution in [0.25, 0.3) is 16.9 Å². The lowest BCUT2D eigenvalue weighted by Gasteiger charge is -2.13. The number of aromatic nitrogens is 2. The molecule has 9 heteroatoms. The Morgan fingerprint density at radius 2 is 2.00 bits per heavy atom. The van der Waals surface area contributed by atoms with Crippen LogP contribution < -0.4 is 10.9 Å². The third-order valence-corrected chi connectivity index (χ3v) is 4.38. The summed E-state index contributed by atoms with van der Waals surface area (Å²) >= 11 is 5.71. The number of carbonyl (C=O) groups excluding carboxylic acids is 1. The van der Waals surface area contributed by atoms with Crippen molar-refractivity contribution in [3.8, 4) is 16.9 Å². The quantitative estimate of drug-likeness (QED) is 0.666. The third-order valence-electron chi connectivity index (χ3n) is 4.08. The standard InChI is InChI=1S/C20H16ClF2N3O3/c1-11(10-27)24-19(28)15-9-18(12-5-6-16(21)17(23)7-12)25-26(20(15)29)14-4-2-3-13(22)8-14/h2-9,11,27H,10H2,1H3,(H,24,28)/t11-/m0/s1. The summed E-state index contributed by atoms with van der Waals surface area (Å²) in [5.74, 6) is -2.05. The summed E-state index contributed by atoms with van der Waals surface area (Å²) < 4.78 is 28.4. The van der Waals surface area contributed by atoms with Gasteiger partial charge in [-0.1, -0.05) is 23.7 Å². The fourth-order valence-corrected chi connectivity index (χ4v) is 2.70. The van der Waals surface area contributed by atoms with Crippen molar-refractivity contribution in [2.45, 2.75) is 13.0 Å². The van der Waals surface area contributed by atoms with Crippen LogP contribution in [0.4, 0.5) is 8.78 Å². The molecule has 1 heterocycles. The Hall–Kier alpha value is -3.10. The van der Waals surface area contributed by atoms with Crippen molar-refractivity contribution in [3.05, 3.63) is 81.1 Å². The molecule has 0 aliphatic heterocycles. The molecule has 0 bridgehead atoms. The van der Waals surface area contributed by atoms with Gasteiger partial charge < -0.3 is 10.4 Å². The number of carbonyl (C=O) groups is 1. The molecule has 0 saturated heterocycles. The maximum Gasteiger partial charge on any atom is 0.284 e. The van der Waals surface area contributed by atoms with Crippen LogP contribution in [-0.4, -0.2) is 33.4 Å². The van der Waals surface area contributed by atoms with Gasteiger partial charge >= 0.3 is 0 Å². The van der Waals surface area contributed by atoms with E-state index in [1.54, 1.807) is 6.92 Å². The van der Waals surface area contributed by atoms with Crippen LogP contribution in [0.1, 0.15) is 17.3 Å². The van der Waals surface area contributed by atoms with Crippen molar-refractivity contribution in [3.63, 3.8) is 0 Å². The monoisotopic (exact) mass is 419 g/mol. The second-order valence-electron chi connectivity index (χ2n) is 6.33. The van der Waals surface area contributed by atoms with Gasteiger partial charge in [0.1, 0.15) is 17.2 Å². The van der Waals surface area contributed by atoms with Crippen molar-refractivity contribution in [1.82, 2.24) is 15.1 Å². The summed E-state index contributed by atoms with van der Waals surface area (Å²) in [6.45, 7) is 1.23. The topological polar surface area (TPSA) is 84.2 Å². The smallest absolute Gasteiger partial charge is 0.284 e. The third kappa shape index (κ3) is 4.49. The Kier molecular flexibility index (Phi) is 6.05. The van der Waals surface area contributed by atoms with Crippen LogP contribution in [-0.2, 0) is 0 Å². The minimum Gasteiger partial charge on any atom is -0.394 e. The molecule has 2 aromatic carbocycles. The van der Waals surface area contributed by atoms with Gasteiger partial charge in [0.25, 0.3) is 11.5 Å². The molecule has 0 saturated carbocycles. The lowest BCUT2D eigenvalue weighted by atomic mass is 10.1. The highest BCUT2D eigenvalue weighted by Crippen LogP contribution is 2.23. The molecule has 2 N–H and O–H groups in total. The predicted octanol–water partition coefficient (Wildman–Crippen LogP) is 2.94. The number of nitrogens with one attached hydrogen (secondary N) is 1. The number of rotatable bonds is 5. The summed E-state index contributed by atoms with van der Waals surface area (Å²) in [7, 11) is 0. The fourth-order valence-electron chi connectivity index (χ4n) is 2.58. The number of aliphatic hydroxyl groups excluding tert-OH is 1. The van der Waals surface area contributed by atoms with E-state index in [0.29, 0.717) is 0 Å². The zero-order chi connectivity index (χ0) is 21.1. The molecule has 3 aromatic rings. The molecule has 29 heavy (non-hydrogen) atoms. The van der Waals surface area contributed by atoms with E-state index in [9.17, 15) is 18.4 Å². The first-order chi connectivity index (χ1) is 13.8. The SMILES string of the molecule is C[C@@H](CO)NC(=O)c1cc(-c2ccc(Cl)c(F)c2)nn(-c2cccc(F)c2)c1=O. The van der Waals surface area contributed by atoms with Crippen molar-refractivity contribution < 1.29 is 18.7 Å². The fraction of sp³-hybridized carbons (Fsp3) is 0.150. The normalized spacial score (nSPS) is 11.9. The van der Waals surface area contributed by atoms with Crippen molar-refractivity contribution >= 4 is 17.5 Å². The van der Waals surface area contributed by atoms with Crippen molar-refractivity contribution in [2.75, 3.05) is 6.61 Å². The largest absolute Gasteiger partial charge is 0.394 e. The highest BCUT2D eigenvalue weighted by atomic mass is 35.5. The van der Waals surface area contributed by atoms with E-state index in [1.807, 2.05) is 0 Å². The Morgan fingerprint density at radius 3 is 2.66 bits per heavy atom. The first kappa shape index (κ1) is 20.6. The minimum atomic E-state index is -0.795. The van der Waals surface area contributed by atoms with Crippen molar-refractivity contribution in [1.29, 1.82) is 0 Å². The van der Waals surface area contributed by atoms with E-state index in [4.69, 9.17) is 16.7 Å². The van der Waals surface area contributed by atoms with Gasteiger partial charge in [-0.05, 0) is 43.3 Å². The lowest BCUT2D eigenvalue weighted by Crippen LogP contribution is -2.39. The zero-order valence-corrected chi connectivity index (χ0v) is 16.0. The summed E-state index contributed by atoms with van der Waals surface area (Å²) in [5, 5.41) is 15.7. The average molecular weight is 420 g/mol.